The summed E-state index contributed by atoms with van der Waals surface area (Å²) in [6, 6.07) is 0. The standard InChI is InChI=1S/C18H30O2/c1-2-3-4-5-6-7-8-9-10-11-12-13-14-15-16-17-18(19)20/h3-4,6-9H,2,5,10-17H2,1H3,(H,19,20)/b4-3+,7-6+,9-8+. The first-order valence-corrected chi connectivity index (χ1v) is 7.95. The van der Waals surface area contributed by atoms with Crippen LogP contribution in [0.5, 0.6) is 0 Å². The predicted octanol–water partition coefficient (Wildman–Crippen LogP) is 5.66. The van der Waals surface area contributed by atoms with Gasteiger partial charge in [-0.05, 0) is 32.1 Å². The van der Waals surface area contributed by atoms with Crippen LogP contribution in [-0.2, 0) is 4.79 Å². The Labute approximate surface area is 124 Å². The zero-order valence-corrected chi connectivity index (χ0v) is 12.9. The van der Waals surface area contributed by atoms with Crippen LogP contribution >= 0.6 is 0 Å². The van der Waals surface area contributed by atoms with E-state index >= 15 is 0 Å². The molecule has 0 spiro atoms. The van der Waals surface area contributed by atoms with Gasteiger partial charge in [-0.25, -0.2) is 0 Å². The highest BCUT2D eigenvalue weighted by atomic mass is 16.4. The van der Waals surface area contributed by atoms with Gasteiger partial charge in [-0.1, -0.05) is 69.1 Å². The smallest absolute Gasteiger partial charge is 0.303 e. The van der Waals surface area contributed by atoms with E-state index in [-0.39, 0.29) is 0 Å². The Morgan fingerprint density at radius 3 is 2.20 bits per heavy atom. The normalized spacial score (nSPS) is 12.1. The molecule has 0 aliphatic heterocycles. The van der Waals surface area contributed by atoms with E-state index in [4.69, 9.17) is 5.11 Å². The van der Waals surface area contributed by atoms with Gasteiger partial charge >= 0.3 is 5.97 Å². The number of hydrogen-bond donors (Lipinski definition) is 1. The summed E-state index contributed by atoms with van der Waals surface area (Å²) in [7, 11) is 0. The van der Waals surface area contributed by atoms with E-state index in [0.29, 0.717) is 6.42 Å². The average Bonchev–Trinajstić information content (AvgIpc) is 2.43. The molecule has 114 valence electrons. The van der Waals surface area contributed by atoms with Gasteiger partial charge in [-0.3, -0.25) is 4.79 Å². The maximum atomic E-state index is 10.3. The summed E-state index contributed by atoms with van der Waals surface area (Å²) in [6.45, 7) is 2.15. The third-order valence-corrected chi connectivity index (χ3v) is 3.07. The van der Waals surface area contributed by atoms with Crippen molar-refractivity contribution in [2.75, 3.05) is 0 Å². The lowest BCUT2D eigenvalue weighted by atomic mass is 10.1. The topological polar surface area (TPSA) is 37.3 Å². The minimum atomic E-state index is -0.673. The minimum Gasteiger partial charge on any atom is -0.481 e. The van der Waals surface area contributed by atoms with Crippen molar-refractivity contribution in [2.24, 2.45) is 0 Å². The summed E-state index contributed by atoms with van der Waals surface area (Å²) >= 11 is 0. The molecule has 0 aromatic rings. The Bertz CT molecular complexity index is 301. The molecule has 0 heterocycles. The number of carbonyl (C=O) groups is 1. The Balaban J connectivity index is 3.23. The molecule has 0 aromatic carbocycles. The minimum absolute atomic E-state index is 0.322. The summed E-state index contributed by atoms with van der Waals surface area (Å²) in [5, 5.41) is 8.50. The molecule has 1 N–H and O–H groups in total. The van der Waals surface area contributed by atoms with Crippen LogP contribution in [0.4, 0.5) is 0 Å². The van der Waals surface area contributed by atoms with Gasteiger partial charge in [0.25, 0.3) is 0 Å². The quantitative estimate of drug-likeness (QED) is 0.268. The highest BCUT2D eigenvalue weighted by Gasteiger charge is 1.95. The number of hydrogen-bond acceptors (Lipinski definition) is 1. The second kappa shape index (κ2) is 15.7. The van der Waals surface area contributed by atoms with Gasteiger partial charge in [0.2, 0.25) is 0 Å². The van der Waals surface area contributed by atoms with Crippen LogP contribution in [-0.4, -0.2) is 11.1 Å². The molecule has 0 aliphatic carbocycles. The zero-order chi connectivity index (χ0) is 14.9. The third kappa shape index (κ3) is 16.7. The first-order valence-electron chi connectivity index (χ1n) is 7.95. The fourth-order valence-electron chi connectivity index (χ4n) is 1.92. The lowest BCUT2D eigenvalue weighted by Gasteiger charge is -1.99. The fraction of sp³-hybridized carbons (Fsp3) is 0.611. The van der Waals surface area contributed by atoms with Crippen LogP contribution < -0.4 is 0 Å². The van der Waals surface area contributed by atoms with Gasteiger partial charge in [0, 0.05) is 6.42 Å². The molecule has 0 bridgehead atoms. The molecule has 0 amide bonds. The summed E-state index contributed by atoms with van der Waals surface area (Å²) in [4.78, 5) is 10.3. The Hall–Kier alpha value is -1.31. The van der Waals surface area contributed by atoms with E-state index in [1.807, 2.05) is 0 Å². The largest absolute Gasteiger partial charge is 0.481 e. The molecule has 0 rings (SSSR count). The van der Waals surface area contributed by atoms with Crippen molar-refractivity contribution >= 4 is 5.97 Å². The Morgan fingerprint density at radius 2 is 1.50 bits per heavy atom. The van der Waals surface area contributed by atoms with Crippen molar-refractivity contribution < 1.29 is 9.90 Å². The fourth-order valence-corrected chi connectivity index (χ4v) is 1.92. The summed E-state index contributed by atoms with van der Waals surface area (Å²) in [6.07, 6.45) is 23.4. The SMILES string of the molecule is CC/C=C/C/C=C/C=C/CCCCCCCCC(=O)O. The van der Waals surface area contributed by atoms with Crippen molar-refractivity contribution in [3.63, 3.8) is 0 Å². The molecule has 0 radical (unpaired) electrons. The van der Waals surface area contributed by atoms with Crippen molar-refractivity contribution in [2.45, 2.75) is 71.1 Å². The molecule has 0 saturated carbocycles. The summed E-state index contributed by atoms with van der Waals surface area (Å²) in [5.41, 5.74) is 0. The van der Waals surface area contributed by atoms with E-state index in [9.17, 15) is 4.79 Å². The number of allylic oxidation sites excluding steroid dienone is 6. The third-order valence-electron chi connectivity index (χ3n) is 3.07. The van der Waals surface area contributed by atoms with Crippen molar-refractivity contribution in [3.05, 3.63) is 36.5 Å². The second-order valence-electron chi connectivity index (χ2n) is 5.03. The zero-order valence-electron chi connectivity index (χ0n) is 12.9. The van der Waals surface area contributed by atoms with Gasteiger partial charge in [-0.15, -0.1) is 0 Å². The van der Waals surface area contributed by atoms with Crippen LogP contribution in [0.2, 0.25) is 0 Å². The highest BCUT2D eigenvalue weighted by Crippen LogP contribution is 2.08. The molecule has 0 fully saturated rings. The number of rotatable bonds is 13. The molecular weight excluding hydrogens is 248 g/mol. The van der Waals surface area contributed by atoms with Crippen LogP contribution in [0.25, 0.3) is 0 Å². The number of carboxylic acid groups (broad SMARTS) is 1. The van der Waals surface area contributed by atoms with Gasteiger partial charge < -0.3 is 5.11 Å². The maximum Gasteiger partial charge on any atom is 0.303 e. The van der Waals surface area contributed by atoms with Crippen molar-refractivity contribution in [3.8, 4) is 0 Å². The number of unbranched alkanes of at least 4 members (excludes halogenated alkanes) is 6. The first-order chi connectivity index (χ1) is 9.77. The van der Waals surface area contributed by atoms with Crippen LogP contribution in [0.15, 0.2) is 36.5 Å². The van der Waals surface area contributed by atoms with E-state index in [2.05, 4.69) is 43.4 Å². The second-order valence-corrected chi connectivity index (χ2v) is 5.03. The molecular formula is C18H30O2. The molecule has 2 nitrogen and oxygen atoms in total. The Kier molecular flexibility index (Phi) is 14.7. The first kappa shape index (κ1) is 18.7. The molecule has 0 atom stereocenters. The van der Waals surface area contributed by atoms with Crippen molar-refractivity contribution in [1.29, 1.82) is 0 Å². The molecule has 2 heteroatoms. The van der Waals surface area contributed by atoms with E-state index < -0.39 is 5.97 Å². The highest BCUT2D eigenvalue weighted by molar-refractivity contribution is 5.66. The van der Waals surface area contributed by atoms with E-state index in [1.54, 1.807) is 0 Å². The van der Waals surface area contributed by atoms with Gasteiger partial charge in [-0.2, -0.15) is 0 Å². The Morgan fingerprint density at radius 1 is 0.850 bits per heavy atom. The van der Waals surface area contributed by atoms with E-state index in [1.165, 1.54) is 25.7 Å². The van der Waals surface area contributed by atoms with Crippen LogP contribution in [0, 0.1) is 0 Å². The molecule has 0 unspecified atom stereocenters. The van der Waals surface area contributed by atoms with E-state index in [0.717, 1.165) is 32.1 Å². The van der Waals surface area contributed by atoms with Gasteiger partial charge in [0.05, 0.1) is 0 Å². The summed E-state index contributed by atoms with van der Waals surface area (Å²) in [5.74, 6) is -0.673. The molecule has 0 aliphatic rings. The number of carboxylic acids is 1. The predicted molar refractivity (Wildman–Crippen MR) is 86.9 cm³/mol. The van der Waals surface area contributed by atoms with Crippen molar-refractivity contribution in [1.82, 2.24) is 0 Å². The van der Waals surface area contributed by atoms with Gasteiger partial charge in [0.1, 0.15) is 0 Å². The molecule has 0 aromatic heterocycles. The molecule has 20 heavy (non-hydrogen) atoms. The number of aliphatic carboxylic acids is 1. The molecule has 0 saturated heterocycles. The monoisotopic (exact) mass is 278 g/mol. The van der Waals surface area contributed by atoms with Gasteiger partial charge in [0.15, 0.2) is 0 Å². The maximum absolute atomic E-state index is 10.3. The summed E-state index contributed by atoms with van der Waals surface area (Å²) < 4.78 is 0. The van der Waals surface area contributed by atoms with Crippen LogP contribution in [0.3, 0.4) is 0 Å². The average molecular weight is 278 g/mol. The lowest BCUT2D eigenvalue weighted by Crippen LogP contribution is -1.93. The van der Waals surface area contributed by atoms with Crippen LogP contribution in [0.1, 0.15) is 71.1 Å². The lowest BCUT2D eigenvalue weighted by molar-refractivity contribution is -0.137.